The molecule has 0 heterocycles. The number of nitrogens with one attached hydrogen (secondary N) is 1. The van der Waals surface area contributed by atoms with E-state index in [1.54, 1.807) is 0 Å². The Labute approximate surface area is 102 Å². The smallest absolute Gasteiger partial charge is 0.329 e. The summed E-state index contributed by atoms with van der Waals surface area (Å²) in [6.07, 6.45) is 10.4. The van der Waals surface area contributed by atoms with E-state index in [9.17, 15) is 9.59 Å². The SMILES string of the molecule is C#CC[C@H](NC(=O)CC1CCCC1)C(=O)OC. The maximum absolute atomic E-state index is 11.7. The number of hydrogen-bond donors (Lipinski definition) is 1. The second kappa shape index (κ2) is 6.95. The number of rotatable bonds is 5. The lowest BCUT2D eigenvalue weighted by molar-refractivity contribution is -0.145. The lowest BCUT2D eigenvalue weighted by Crippen LogP contribution is -2.41. The first-order valence-electron chi connectivity index (χ1n) is 5.98. The molecule has 0 aromatic heterocycles. The van der Waals surface area contributed by atoms with Gasteiger partial charge in [-0.2, -0.15) is 0 Å². The first kappa shape index (κ1) is 13.6. The largest absolute Gasteiger partial charge is 0.467 e. The number of esters is 1. The Morgan fingerprint density at radius 2 is 2.12 bits per heavy atom. The van der Waals surface area contributed by atoms with Crippen LogP contribution in [0.5, 0.6) is 0 Å². The van der Waals surface area contributed by atoms with Crippen molar-refractivity contribution in [1.82, 2.24) is 5.32 Å². The number of terminal acetylenes is 1. The zero-order valence-electron chi connectivity index (χ0n) is 10.2. The number of methoxy groups -OCH3 is 1. The van der Waals surface area contributed by atoms with Crippen LogP contribution in [0.25, 0.3) is 0 Å². The lowest BCUT2D eigenvalue weighted by atomic mass is 10.0. The van der Waals surface area contributed by atoms with Crippen LogP contribution in [0.2, 0.25) is 0 Å². The normalized spacial score (nSPS) is 17.2. The molecule has 0 aromatic rings. The molecule has 4 heteroatoms. The summed E-state index contributed by atoms with van der Waals surface area (Å²) >= 11 is 0. The van der Waals surface area contributed by atoms with Crippen molar-refractivity contribution in [3.63, 3.8) is 0 Å². The van der Waals surface area contributed by atoms with E-state index >= 15 is 0 Å². The van der Waals surface area contributed by atoms with E-state index in [1.165, 1.54) is 20.0 Å². The summed E-state index contributed by atoms with van der Waals surface area (Å²) in [5.74, 6) is 2.23. The summed E-state index contributed by atoms with van der Waals surface area (Å²) in [5, 5.41) is 2.64. The van der Waals surface area contributed by atoms with E-state index in [0.717, 1.165) is 12.8 Å². The van der Waals surface area contributed by atoms with Gasteiger partial charge in [-0.3, -0.25) is 4.79 Å². The molecule has 1 atom stereocenters. The standard InChI is InChI=1S/C13H19NO3/c1-3-6-11(13(16)17-2)14-12(15)9-10-7-4-5-8-10/h1,10-11H,4-9H2,2H3,(H,14,15)/t11-/m0/s1. The first-order chi connectivity index (χ1) is 8.17. The van der Waals surface area contributed by atoms with Crippen LogP contribution in [0.15, 0.2) is 0 Å². The summed E-state index contributed by atoms with van der Waals surface area (Å²) in [6.45, 7) is 0. The maximum atomic E-state index is 11.7. The fourth-order valence-electron chi connectivity index (χ4n) is 2.18. The molecule has 0 bridgehead atoms. The Kier molecular flexibility index (Phi) is 5.55. The highest BCUT2D eigenvalue weighted by molar-refractivity contribution is 5.84. The summed E-state index contributed by atoms with van der Waals surface area (Å²) in [4.78, 5) is 23.1. The molecular weight excluding hydrogens is 218 g/mol. The third-order valence-electron chi connectivity index (χ3n) is 3.09. The van der Waals surface area contributed by atoms with E-state index in [0.29, 0.717) is 12.3 Å². The molecule has 1 N–H and O–H groups in total. The van der Waals surface area contributed by atoms with E-state index in [-0.39, 0.29) is 12.3 Å². The zero-order chi connectivity index (χ0) is 12.7. The van der Waals surface area contributed by atoms with Gasteiger partial charge in [0.2, 0.25) is 5.91 Å². The van der Waals surface area contributed by atoms with Crippen LogP contribution in [0, 0.1) is 18.3 Å². The van der Waals surface area contributed by atoms with Crippen LogP contribution in [0.1, 0.15) is 38.5 Å². The van der Waals surface area contributed by atoms with Crippen molar-refractivity contribution >= 4 is 11.9 Å². The van der Waals surface area contributed by atoms with Gasteiger partial charge in [0.25, 0.3) is 0 Å². The highest BCUT2D eigenvalue weighted by atomic mass is 16.5. The molecular formula is C13H19NO3. The van der Waals surface area contributed by atoms with Crippen molar-refractivity contribution in [1.29, 1.82) is 0 Å². The predicted molar refractivity (Wildman–Crippen MR) is 64.0 cm³/mol. The van der Waals surface area contributed by atoms with Gasteiger partial charge in [-0.25, -0.2) is 4.79 Å². The van der Waals surface area contributed by atoms with Gasteiger partial charge in [-0.15, -0.1) is 12.3 Å². The van der Waals surface area contributed by atoms with Gasteiger partial charge in [0.05, 0.1) is 7.11 Å². The molecule has 0 saturated heterocycles. The third kappa shape index (κ3) is 4.48. The molecule has 0 spiro atoms. The topological polar surface area (TPSA) is 55.4 Å². The molecule has 1 amide bonds. The maximum Gasteiger partial charge on any atom is 0.329 e. The first-order valence-corrected chi connectivity index (χ1v) is 5.98. The van der Waals surface area contributed by atoms with Gasteiger partial charge >= 0.3 is 5.97 Å². The molecule has 1 saturated carbocycles. The molecule has 4 nitrogen and oxygen atoms in total. The van der Waals surface area contributed by atoms with Gasteiger partial charge in [0.15, 0.2) is 0 Å². The number of hydrogen-bond acceptors (Lipinski definition) is 3. The van der Waals surface area contributed by atoms with Crippen LogP contribution in [-0.4, -0.2) is 25.0 Å². The second-order valence-electron chi connectivity index (χ2n) is 4.41. The summed E-state index contributed by atoms with van der Waals surface area (Å²) in [7, 11) is 1.29. The number of carbonyl (C=O) groups excluding carboxylic acids is 2. The highest BCUT2D eigenvalue weighted by Gasteiger charge is 2.23. The van der Waals surface area contributed by atoms with Gasteiger partial charge < -0.3 is 10.1 Å². The molecule has 1 rings (SSSR count). The Bertz CT molecular complexity index is 313. The fourth-order valence-corrected chi connectivity index (χ4v) is 2.18. The Balaban J connectivity index is 2.40. The van der Waals surface area contributed by atoms with Crippen molar-refractivity contribution in [2.45, 2.75) is 44.6 Å². The van der Waals surface area contributed by atoms with E-state index in [2.05, 4.69) is 16.0 Å². The predicted octanol–water partition coefficient (Wildman–Crippen LogP) is 1.25. The van der Waals surface area contributed by atoms with E-state index < -0.39 is 12.0 Å². The molecule has 0 unspecified atom stereocenters. The zero-order valence-corrected chi connectivity index (χ0v) is 10.2. The number of carbonyl (C=O) groups is 2. The van der Waals surface area contributed by atoms with Gasteiger partial charge in [0, 0.05) is 12.8 Å². The fraction of sp³-hybridized carbons (Fsp3) is 0.692. The van der Waals surface area contributed by atoms with Crippen molar-refractivity contribution in [3.05, 3.63) is 0 Å². The third-order valence-corrected chi connectivity index (χ3v) is 3.09. The van der Waals surface area contributed by atoms with Gasteiger partial charge in [0.1, 0.15) is 6.04 Å². The summed E-state index contributed by atoms with van der Waals surface area (Å²) in [5.41, 5.74) is 0. The Morgan fingerprint density at radius 1 is 1.47 bits per heavy atom. The van der Waals surface area contributed by atoms with Crippen molar-refractivity contribution in [3.8, 4) is 12.3 Å². The summed E-state index contributed by atoms with van der Waals surface area (Å²) in [6, 6.07) is -0.709. The molecule has 1 aliphatic carbocycles. The van der Waals surface area contributed by atoms with Gasteiger partial charge in [-0.1, -0.05) is 12.8 Å². The van der Waals surface area contributed by atoms with Crippen LogP contribution in [-0.2, 0) is 14.3 Å². The minimum atomic E-state index is -0.709. The molecule has 0 aromatic carbocycles. The Morgan fingerprint density at radius 3 is 2.65 bits per heavy atom. The lowest BCUT2D eigenvalue weighted by Gasteiger charge is -2.15. The number of ether oxygens (including phenoxy) is 1. The molecule has 0 radical (unpaired) electrons. The van der Waals surface area contributed by atoms with E-state index in [1.807, 2.05) is 0 Å². The number of amides is 1. The summed E-state index contributed by atoms with van der Waals surface area (Å²) < 4.78 is 4.59. The quantitative estimate of drug-likeness (QED) is 0.578. The van der Waals surface area contributed by atoms with Crippen LogP contribution >= 0.6 is 0 Å². The van der Waals surface area contributed by atoms with Crippen molar-refractivity contribution in [2.24, 2.45) is 5.92 Å². The molecule has 0 aliphatic heterocycles. The molecule has 17 heavy (non-hydrogen) atoms. The van der Waals surface area contributed by atoms with Crippen LogP contribution in [0.4, 0.5) is 0 Å². The monoisotopic (exact) mass is 237 g/mol. The Hall–Kier alpha value is -1.50. The average Bonchev–Trinajstić information content (AvgIpc) is 2.80. The molecule has 1 aliphatic rings. The van der Waals surface area contributed by atoms with Crippen LogP contribution < -0.4 is 5.32 Å². The minimum Gasteiger partial charge on any atom is -0.467 e. The average molecular weight is 237 g/mol. The van der Waals surface area contributed by atoms with Gasteiger partial charge in [-0.05, 0) is 18.8 Å². The van der Waals surface area contributed by atoms with Crippen LogP contribution in [0.3, 0.4) is 0 Å². The molecule has 94 valence electrons. The van der Waals surface area contributed by atoms with E-state index in [4.69, 9.17) is 6.42 Å². The minimum absolute atomic E-state index is 0.109. The van der Waals surface area contributed by atoms with Crippen molar-refractivity contribution in [2.75, 3.05) is 7.11 Å². The highest BCUT2D eigenvalue weighted by Crippen LogP contribution is 2.27. The van der Waals surface area contributed by atoms with Crippen molar-refractivity contribution < 1.29 is 14.3 Å². The second-order valence-corrected chi connectivity index (χ2v) is 4.41. The molecule has 1 fully saturated rings.